The summed E-state index contributed by atoms with van der Waals surface area (Å²) in [6.07, 6.45) is 0.661. The second-order valence-corrected chi connectivity index (χ2v) is 3.35. The van der Waals surface area contributed by atoms with Gasteiger partial charge in [-0.25, -0.2) is 4.39 Å². The molecule has 0 fully saturated rings. The quantitative estimate of drug-likeness (QED) is 0.852. The minimum atomic E-state index is -0.355. The number of rotatable bonds is 4. The molecule has 0 aliphatic rings. The molecular formula is C11H12FN3O. The first kappa shape index (κ1) is 10.8. The predicted octanol–water partition coefficient (Wildman–Crippen LogP) is 1.64. The maximum atomic E-state index is 13.4. The van der Waals surface area contributed by atoms with Crippen LogP contribution in [0.2, 0.25) is 0 Å². The van der Waals surface area contributed by atoms with Gasteiger partial charge in [0.1, 0.15) is 5.82 Å². The van der Waals surface area contributed by atoms with Gasteiger partial charge in [-0.15, -0.1) is 0 Å². The van der Waals surface area contributed by atoms with Crippen molar-refractivity contribution in [3.63, 3.8) is 0 Å². The summed E-state index contributed by atoms with van der Waals surface area (Å²) < 4.78 is 18.4. The summed E-state index contributed by atoms with van der Waals surface area (Å²) in [7, 11) is 1.85. The molecule has 1 aromatic heterocycles. The number of hydrogen-bond donors (Lipinski definition) is 1. The molecule has 16 heavy (non-hydrogen) atoms. The lowest BCUT2D eigenvalue weighted by Crippen LogP contribution is -2.11. The van der Waals surface area contributed by atoms with Gasteiger partial charge < -0.3 is 9.84 Å². The highest BCUT2D eigenvalue weighted by Gasteiger charge is 2.11. The molecule has 1 heterocycles. The molecule has 4 nitrogen and oxygen atoms in total. The number of nitrogens with zero attached hydrogens (tertiary/aromatic N) is 2. The number of nitrogens with one attached hydrogen (secondary N) is 1. The van der Waals surface area contributed by atoms with Crippen molar-refractivity contribution in [2.24, 2.45) is 0 Å². The first-order valence-electron chi connectivity index (χ1n) is 5.03. The first-order chi connectivity index (χ1) is 7.81. The Morgan fingerprint density at radius 3 is 2.94 bits per heavy atom. The third kappa shape index (κ3) is 2.25. The van der Waals surface area contributed by atoms with Crippen LogP contribution in [0.4, 0.5) is 4.39 Å². The van der Waals surface area contributed by atoms with Crippen molar-refractivity contribution in [1.29, 1.82) is 0 Å². The van der Waals surface area contributed by atoms with E-state index in [4.69, 9.17) is 4.52 Å². The van der Waals surface area contributed by atoms with Crippen LogP contribution in [0.3, 0.4) is 0 Å². The summed E-state index contributed by atoms with van der Waals surface area (Å²) in [5.74, 6) is 0.447. The fourth-order valence-corrected chi connectivity index (χ4v) is 1.34. The van der Waals surface area contributed by atoms with Gasteiger partial charge in [-0.1, -0.05) is 17.3 Å². The van der Waals surface area contributed by atoms with Crippen molar-refractivity contribution in [3.8, 4) is 11.5 Å². The van der Waals surface area contributed by atoms with E-state index in [0.717, 1.165) is 6.54 Å². The number of aromatic nitrogens is 2. The van der Waals surface area contributed by atoms with E-state index in [1.165, 1.54) is 6.07 Å². The Morgan fingerprint density at radius 1 is 1.38 bits per heavy atom. The molecule has 0 saturated heterocycles. The number of benzene rings is 1. The number of halogens is 1. The van der Waals surface area contributed by atoms with Crippen LogP contribution in [-0.4, -0.2) is 23.7 Å². The van der Waals surface area contributed by atoms with Crippen LogP contribution in [0.15, 0.2) is 28.8 Å². The Bertz CT molecular complexity index is 470. The lowest BCUT2D eigenvalue weighted by Gasteiger charge is -1.94. The maximum Gasteiger partial charge on any atom is 0.260 e. The van der Waals surface area contributed by atoms with Gasteiger partial charge in [-0.2, -0.15) is 4.98 Å². The standard InChI is InChI=1S/C11H12FN3O/c1-13-7-6-10-14-11(16-15-10)8-4-2-3-5-9(8)12/h2-5,13H,6-7H2,1H3. The van der Waals surface area contributed by atoms with Crippen molar-refractivity contribution < 1.29 is 8.91 Å². The summed E-state index contributed by atoms with van der Waals surface area (Å²) in [5, 5.41) is 6.76. The summed E-state index contributed by atoms with van der Waals surface area (Å²) in [4.78, 5) is 4.12. The molecule has 0 saturated carbocycles. The lowest BCUT2D eigenvalue weighted by atomic mass is 10.2. The Kier molecular flexibility index (Phi) is 3.26. The highest BCUT2D eigenvalue weighted by molar-refractivity contribution is 5.53. The van der Waals surface area contributed by atoms with Crippen LogP contribution < -0.4 is 5.32 Å². The van der Waals surface area contributed by atoms with E-state index in [2.05, 4.69) is 15.5 Å². The van der Waals surface area contributed by atoms with Crippen molar-refractivity contribution in [2.75, 3.05) is 13.6 Å². The van der Waals surface area contributed by atoms with Gasteiger partial charge in [0, 0.05) is 13.0 Å². The van der Waals surface area contributed by atoms with E-state index in [1.54, 1.807) is 18.2 Å². The summed E-state index contributed by atoms with van der Waals surface area (Å²) in [6.45, 7) is 0.760. The van der Waals surface area contributed by atoms with Crippen molar-refractivity contribution >= 4 is 0 Å². The molecule has 0 bridgehead atoms. The van der Waals surface area contributed by atoms with Gasteiger partial charge in [0.2, 0.25) is 0 Å². The van der Waals surface area contributed by atoms with Gasteiger partial charge in [0.25, 0.3) is 5.89 Å². The summed E-state index contributed by atoms with van der Waals surface area (Å²) >= 11 is 0. The van der Waals surface area contributed by atoms with Crippen LogP contribution >= 0.6 is 0 Å². The van der Waals surface area contributed by atoms with Gasteiger partial charge in [0.15, 0.2) is 5.82 Å². The molecular weight excluding hydrogens is 209 g/mol. The highest BCUT2D eigenvalue weighted by atomic mass is 19.1. The molecule has 0 unspecified atom stereocenters. The molecule has 5 heteroatoms. The van der Waals surface area contributed by atoms with E-state index in [1.807, 2.05) is 7.05 Å². The van der Waals surface area contributed by atoms with Gasteiger partial charge in [-0.3, -0.25) is 0 Å². The van der Waals surface area contributed by atoms with E-state index in [-0.39, 0.29) is 11.7 Å². The fourth-order valence-electron chi connectivity index (χ4n) is 1.34. The summed E-state index contributed by atoms with van der Waals surface area (Å²) in [5.41, 5.74) is 0.339. The minimum absolute atomic E-state index is 0.226. The van der Waals surface area contributed by atoms with E-state index < -0.39 is 0 Å². The molecule has 0 spiro atoms. The van der Waals surface area contributed by atoms with Gasteiger partial charge in [-0.05, 0) is 19.2 Å². The molecule has 84 valence electrons. The van der Waals surface area contributed by atoms with Crippen LogP contribution in [0.25, 0.3) is 11.5 Å². The Hall–Kier alpha value is -1.75. The van der Waals surface area contributed by atoms with Gasteiger partial charge in [0.05, 0.1) is 5.56 Å². The van der Waals surface area contributed by atoms with E-state index in [9.17, 15) is 4.39 Å². The zero-order valence-corrected chi connectivity index (χ0v) is 8.90. The largest absolute Gasteiger partial charge is 0.334 e. The second-order valence-electron chi connectivity index (χ2n) is 3.35. The van der Waals surface area contributed by atoms with Crippen LogP contribution in [-0.2, 0) is 6.42 Å². The highest BCUT2D eigenvalue weighted by Crippen LogP contribution is 2.20. The van der Waals surface area contributed by atoms with Crippen LogP contribution in [0, 0.1) is 5.82 Å². The average Bonchev–Trinajstić information content (AvgIpc) is 2.75. The lowest BCUT2D eigenvalue weighted by molar-refractivity contribution is 0.420. The normalized spacial score (nSPS) is 10.6. The molecule has 2 rings (SSSR count). The maximum absolute atomic E-state index is 13.4. The predicted molar refractivity (Wildman–Crippen MR) is 57.3 cm³/mol. The fraction of sp³-hybridized carbons (Fsp3) is 0.273. The van der Waals surface area contributed by atoms with Crippen LogP contribution in [0.5, 0.6) is 0 Å². The van der Waals surface area contributed by atoms with Crippen LogP contribution in [0.1, 0.15) is 5.82 Å². The second kappa shape index (κ2) is 4.85. The third-order valence-electron chi connectivity index (χ3n) is 2.17. The molecule has 0 radical (unpaired) electrons. The number of likely N-dealkylation sites (N-methyl/N-ethyl adjacent to an activating group) is 1. The molecule has 0 atom stereocenters. The van der Waals surface area contributed by atoms with Crippen molar-refractivity contribution in [2.45, 2.75) is 6.42 Å². The Labute approximate surface area is 92.5 Å². The third-order valence-corrected chi connectivity index (χ3v) is 2.17. The molecule has 0 aliphatic heterocycles. The Morgan fingerprint density at radius 2 is 2.19 bits per heavy atom. The topological polar surface area (TPSA) is 51.0 Å². The molecule has 0 amide bonds. The molecule has 1 N–H and O–H groups in total. The molecule has 0 aliphatic carbocycles. The average molecular weight is 221 g/mol. The van der Waals surface area contributed by atoms with Gasteiger partial charge >= 0.3 is 0 Å². The molecule has 2 aromatic rings. The number of hydrogen-bond acceptors (Lipinski definition) is 4. The van der Waals surface area contributed by atoms with E-state index in [0.29, 0.717) is 17.8 Å². The first-order valence-corrected chi connectivity index (χ1v) is 5.03. The van der Waals surface area contributed by atoms with Crippen molar-refractivity contribution in [1.82, 2.24) is 15.5 Å². The zero-order valence-electron chi connectivity index (χ0n) is 8.90. The minimum Gasteiger partial charge on any atom is -0.334 e. The summed E-state index contributed by atoms with van der Waals surface area (Å²) in [6, 6.07) is 6.34. The van der Waals surface area contributed by atoms with Crippen molar-refractivity contribution in [3.05, 3.63) is 35.9 Å². The molecule has 1 aromatic carbocycles. The zero-order chi connectivity index (χ0) is 11.4. The monoisotopic (exact) mass is 221 g/mol. The smallest absolute Gasteiger partial charge is 0.260 e. The SMILES string of the molecule is CNCCc1noc(-c2ccccc2F)n1. The van der Waals surface area contributed by atoms with E-state index >= 15 is 0 Å². The Balaban J connectivity index is 2.22.